The van der Waals surface area contributed by atoms with Gasteiger partial charge in [0.25, 0.3) is 5.69 Å². The van der Waals surface area contributed by atoms with E-state index in [0.29, 0.717) is 15.9 Å². The maximum atomic E-state index is 13.0. The van der Waals surface area contributed by atoms with Gasteiger partial charge in [0.05, 0.1) is 10.5 Å². The molecule has 0 aliphatic carbocycles. The van der Waals surface area contributed by atoms with Crippen molar-refractivity contribution in [2.24, 2.45) is 0 Å². The van der Waals surface area contributed by atoms with Crippen LogP contribution in [-0.2, 0) is 6.18 Å². The van der Waals surface area contributed by atoms with Crippen LogP contribution in [0.4, 0.5) is 18.9 Å². The minimum atomic E-state index is -4.56. The quantitative estimate of drug-likeness (QED) is 0.419. The number of aryl methyl sites for hydroxylation is 2. The number of halogens is 3. The summed E-state index contributed by atoms with van der Waals surface area (Å²) in [5.74, 6) is -0.196. The largest absolute Gasteiger partial charge is 0.426 e. The molecule has 0 aliphatic rings. The molecule has 0 spiro atoms. The maximum absolute atomic E-state index is 13.0. The van der Waals surface area contributed by atoms with Gasteiger partial charge in [-0.15, -0.1) is 0 Å². The molecule has 130 valence electrons. The molecule has 0 amide bonds. The third-order valence-corrected chi connectivity index (χ3v) is 3.72. The molecule has 0 bridgehead atoms. The van der Waals surface area contributed by atoms with Gasteiger partial charge in [0.2, 0.25) is 0 Å². The highest BCUT2D eigenvalue weighted by molar-refractivity contribution is 5.88. The number of nitro benzene ring substituents is 1. The van der Waals surface area contributed by atoms with E-state index in [1.165, 1.54) is 25.1 Å². The van der Waals surface area contributed by atoms with Crippen molar-refractivity contribution < 1.29 is 23.3 Å². The van der Waals surface area contributed by atoms with E-state index in [2.05, 4.69) is 4.98 Å². The molecule has 3 aromatic rings. The average Bonchev–Trinajstić information content (AvgIpc) is 2.82. The number of nitro groups is 1. The molecule has 0 saturated heterocycles. The molecule has 0 saturated carbocycles. The van der Waals surface area contributed by atoms with Crippen LogP contribution in [0.15, 0.2) is 30.3 Å². The number of rotatable bonds is 2. The highest BCUT2D eigenvalue weighted by atomic mass is 19.4. The first-order valence-electron chi connectivity index (χ1n) is 7.14. The molecule has 1 aromatic heterocycles. The lowest BCUT2D eigenvalue weighted by Crippen LogP contribution is -2.06. The Morgan fingerprint density at radius 3 is 2.36 bits per heavy atom. The van der Waals surface area contributed by atoms with Crippen LogP contribution in [0.1, 0.15) is 16.7 Å². The second kappa shape index (κ2) is 5.47. The van der Waals surface area contributed by atoms with Gasteiger partial charge >= 0.3 is 6.18 Å². The van der Waals surface area contributed by atoms with E-state index >= 15 is 0 Å². The number of nitrogens with zero attached hydrogens (tertiary/aromatic N) is 3. The molecule has 9 heteroatoms. The van der Waals surface area contributed by atoms with Crippen molar-refractivity contribution in [3.8, 4) is 11.4 Å². The molecule has 1 heterocycles. The first-order chi connectivity index (χ1) is 11.6. The van der Waals surface area contributed by atoms with Crippen molar-refractivity contribution in [1.82, 2.24) is 9.71 Å². The SMILES string of the molecule is Cc1cc(-c2nc3c([N+](=O)[O-])cc(C)cc3n2O)cc(C(F)(F)F)c1. The van der Waals surface area contributed by atoms with Crippen molar-refractivity contribution in [2.75, 3.05) is 0 Å². The molecule has 1 N–H and O–H groups in total. The van der Waals surface area contributed by atoms with Crippen LogP contribution in [0.25, 0.3) is 22.4 Å². The van der Waals surface area contributed by atoms with Crippen molar-refractivity contribution in [1.29, 1.82) is 0 Å². The minimum absolute atomic E-state index is 0.0120. The molecule has 0 radical (unpaired) electrons. The normalized spacial score (nSPS) is 11.9. The number of aromatic nitrogens is 2. The van der Waals surface area contributed by atoms with Gasteiger partial charge < -0.3 is 5.21 Å². The van der Waals surface area contributed by atoms with Gasteiger partial charge in [0.15, 0.2) is 11.3 Å². The summed E-state index contributed by atoms with van der Waals surface area (Å²) in [4.78, 5) is 14.6. The first-order valence-corrected chi connectivity index (χ1v) is 7.14. The van der Waals surface area contributed by atoms with E-state index in [9.17, 15) is 28.5 Å². The van der Waals surface area contributed by atoms with Crippen molar-refractivity contribution >= 4 is 16.7 Å². The Bertz CT molecular complexity index is 1010. The summed E-state index contributed by atoms with van der Waals surface area (Å²) in [5.41, 5.74) is -0.408. The van der Waals surface area contributed by atoms with Gasteiger partial charge in [-0.2, -0.15) is 17.9 Å². The lowest BCUT2D eigenvalue weighted by atomic mass is 10.1. The predicted molar refractivity (Wildman–Crippen MR) is 83.5 cm³/mol. The third-order valence-electron chi connectivity index (χ3n) is 3.72. The highest BCUT2D eigenvalue weighted by Crippen LogP contribution is 2.35. The number of alkyl halides is 3. The lowest BCUT2D eigenvalue weighted by Gasteiger charge is -2.10. The Hall–Kier alpha value is -3.10. The van der Waals surface area contributed by atoms with Gasteiger partial charge in [-0.25, -0.2) is 4.98 Å². The topological polar surface area (TPSA) is 81.2 Å². The molecule has 0 atom stereocenters. The highest BCUT2D eigenvalue weighted by Gasteiger charge is 2.31. The Morgan fingerprint density at radius 2 is 1.76 bits per heavy atom. The predicted octanol–water partition coefficient (Wildman–Crippen LogP) is 4.48. The summed E-state index contributed by atoms with van der Waals surface area (Å²) in [6.07, 6.45) is -4.56. The molecule has 3 rings (SSSR count). The average molecular weight is 351 g/mol. The molecule has 0 unspecified atom stereocenters. The monoisotopic (exact) mass is 351 g/mol. The van der Waals surface area contributed by atoms with Crippen LogP contribution < -0.4 is 0 Å². The van der Waals surface area contributed by atoms with E-state index in [1.54, 1.807) is 6.92 Å². The zero-order valence-corrected chi connectivity index (χ0v) is 13.1. The van der Waals surface area contributed by atoms with Crippen LogP contribution >= 0.6 is 0 Å². The van der Waals surface area contributed by atoms with Crippen LogP contribution in [0.2, 0.25) is 0 Å². The zero-order valence-electron chi connectivity index (χ0n) is 13.1. The fraction of sp³-hybridized carbons (Fsp3) is 0.188. The minimum Gasteiger partial charge on any atom is -0.426 e. The second-order valence-electron chi connectivity index (χ2n) is 5.74. The maximum Gasteiger partial charge on any atom is 0.416 e. The Morgan fingerprint density at radius 1 is 1.12 bits per heavy atom. The number of imidazole rings is 1. The summed E-state index contributed by atoms with van der Waals surface area (Å²) in [5, 5.41) is 21.5. The Labute approximate surface area is 139 Å². The van der Waals surface area contributed by atoms with E-state index in [4.69, 9.17) is 0 Å². The van der Waals surface area contributed by atoms with Crippen LogP contribution in [-0.4, -0.2) is 19.8 Å². The number of hydrogen-bond acceptors (Lipinski definition) is 4. The zero-order chi connectivity index (χ0) is 18.5. The standard InChI is InChI=1S/C16H12F3N3O3/c1-8-3-10(7-11(4-8)16(17,18)19)15-20-14-12(21(15)23)5-9(2)6-13(14)22(24)25/h3-7,23H,1-2H3. The lowest BCUT2D eigenvalue weighted by molar-refractivity contribution is -0.383. The van der Waals surface area contributed by atoms with Crippen molar-refractivity contribution in [3.05, 3.63) is 57.1 Å². The van der Waals surface area contributed by atoms with Gasteiger partial charge in [0, 0.05) is 11.6 Å². The fourth-order valence-electron chi connectivity index (χ4n) is 2.69. The van der Waals surface area contributed by atoms with Gasteiger partial charge in [-0.3, -0.25) is 10.1 Å². The molecular formula is C16H12F3N3O3. The van der Waals surface area contributed by atoms with Gasteiger partial charge in [-0.05, 0) is 49.2 Å². The third kappa shape index (κ3) is 2.88. The molecule has 6 nitrogen and oxygen atoms in total. The molecule has 0 fully saturated rings. The summed E-state index contributed by atoms with van der Waals surface area (Å²) in [7, 11) is 0. The van der Waals surface area contributed by atoms with E-state index in [-0.39, 0.29) is 28.1 Å². The van der Waals surface area contributed by atoms with Crippen LogP contribution in [0, 0.1) is 24.0 Å². The molecule has 0 aliphatic heterocycles. The van der Waals surface area contributed by atoms with Crippen LogP contribution in [0.5, 0.6) is 0 Å². The van der Waals surface area contributed by atoms with Gasteiger partial charge in [-0.1, -0.05) is 0 Å². The first kappa shape index (κ1) is 16.7. The van der Waals surface area contributed by atoms with Crippen molar-refractivity contribution in [3.63, 3.8) is 0 Å². The molecule has 2 aromatic carbocycles. The number of hydrogen-bond donors (Lipinski definition) is 1. The Balaban J connectivity index is 2.31. The molecule has 25 heavy (non-hydrogen) atoms. The molecular weight excluding hydrogens is 339 g/mol. The van der Waals surface area contributed by atoms with E-state index < -0.39 is 16.7 Å². The number of non-ortho nitro benzene ring substituents is 1. The van der Waals surface area contributed by atoms with Crippen molar-refractivity contribution in [2.45, 2.75) is 20.0 Å². The number of benzene rings is 2. The second-order valence-corrected chi connectivity index (χ2v) is 5.74. The van der Waals surface area contributed by atoms with Gasteiger partial charge in [0.1, 0.15) is 5.52 Å². The number of fused-ring (bicyclic) bond motifs is 1. The summed E-state index contributed by atoms with van der Waals surface area (Å²) in [6, 6.07) is 6.00. The smallest absolute Gasteiger partial charge is 0.416 e. The Kier molecular flexibility index (Phi) is 3.66. The summed E-state index contributed by atoms with van der Waals surface area (Å²) in [6.45, 7) is 3.09. The van der Waals surface area contributed by atoms with E-state index in [0.717, 1.165) is 12.1 Å². The van der Waals surface area contributed by atoms with Crippen LogP contribution in [0.3, 0.4) is 0 Å². The fourth-order valence-corrected chi connectivity index (χ4v) is 2.69. The summed E-state index contributed by atoms with van der Waals surface area (Å²) >= 11 is 0. The summed E-state index contributed by atoms with van der Waals surface area (Å²) < 4.78 is 39.6. The van der Waals surface area contributed by atoms with E-state index in [1.807, 2.05) is 0 Å².